The first kappa shape index (κ1) is 25.0. The highest BCUT2D eigenvalue weighted by Crippen LogP contribution is 2.40. The molecule has 1 saturated heterocycles. The van der Waals surface area contributed by atoms with E-state index in [0.29, 0.717) is 11.7 Å². The second-order valence-electron chi connectivity index (χ2n) is 11.5. The third-order valence-electron chi connectivity index (χ3n) is 7.03. The number of hydrogen-bond donors (Lipinski definition) is 1. The van der Waals surface area contributed by atoms with Crippen LogP contribution in [-0.4, -0.2) is 41.5 Å². The minimum atomic E-state index is -0.575. The second-order valence-corrected chi connectivity index (χ2v) is 11.8. The van der Waals surface area contributed by atoms with Crippen LogP contribution in [0, 0.1) is 0 Å². The molecule has 34 heavy (non-hydrogen) atoms. The molecule has 182 valence electrons. The fraction of sp³-hybridized carbons (Fsp3) is 0.538. The van der Waals surface area contributed by atoms with Crippen molar-refractivity contribution in [2.24, 2.45) is 0 Å². The monoisotopic (exact) mass is 484 g/mol. The average molecular weight is 485 g/mol. The highest BCUT2D eigenvalue weighted by atomic mass is 35.5. The topological polar surface area (TPSA) is 69.7 Å². The Morgan fingerprint density at radius 2 is 1.65 bits per heavy atom. The van der Waals surface area contributed by atoms with Gasteiger partial charge in [0.05, 0.1) is 16.9 Å². The molecule has 1 N–H and O–H groups in total. The van der Waals surface area contributed by atoms with Gasteiger partial charge in [-0.1, -0.05) is 35.9 Å². The number of fused-ring (bicyclic) bond motifs is 1. The maximum absolute atomic E-state index is 12.5. The van der Waals surface area contributed by atoms with Gasteiger partial charge >= 0.3 is 13.2 Å². The van der Waals surface area contributed by atoms with E-state index in [-0.39, 0.29) is 0 Å². The zero-order chi connectivity index (χ0) is 24.9. The average Bonchev–Trinajstić information content (AvgIpc) is 3.19. The Morgan fingerprint density at radius 3 is 2.18 bits per heavy atom. The summed E-state index contributed by atoms with van der Waals surface area (Å²) in [5, 5.41) is 3.35. The number of aromatic nitrogens is 1. The van der Waals surface area contributed by atoms with Crippen LogP contribution in [0.2, 0.25) is 5.15 Å². The van der Waals surface area contributed by atoms with E-state index in [1.807, 2.05) is 66.7 Å². The van der Waals surface area contributed by atoms with E-state index in [1.165, 1.54) is 11.1 Å². The maximum Gasteiger partial charge on any atom is 0.495 e. The molecule has 2 aliphatic rings. The second kappa shape index (κ2) is 8.54. The molecule has 0 radical (unpaired) electrons. The number of amides is 1. The van der Waals surface area contributed by atoms with Crippen molar-refractivity contribution in [3.8, 4) is 0 Å². The lowest BCUT2D eigenvalue weighted by Crippen LogP contribution is -2.45. The summed E-state index contributed by atoms with van der Waals surface area (Å²) in [5.74, 6) is 0. The summed E-state index contributed by atoms with van der Waals surface area (Å²) < 4.78 is 18.0. The number of halogens is 1. The van der Waals surface area contributed by atoms with Gasteiger partial charge < -0.3 is 19.4 Å². The van der Waals surface area contributed by atoms with Gasteiger partial charge in [0, 0.05) is 12.0 Å². The summed E-state index contributed by atoms with van der Waals surface area (Å²) in [6.45, 7) is 14.0. The molecule has 6 nitrogen and oxygen atoms in total. The molecular formula is C26H34BClN2O4. The first-order valence-electron chi connectivity index (χ1n) is 11.8. The van der Waals surface area contributed by atoms with Gasteiger partial charge in [0.1, 0.15) is 10.8 Å². The van der Waals surface area contributed by atoms with Crippen LogP contribution in [0.5, 0.6) is 0 Å². The fourth-order valence-electron chi connectivity index (χ4n) is 4.55. The van der Waals surface area contributed by atoms with Crippen LogP contribution < -0.4 is 10.8 Å². The Kier molecular flexibility index (Phi) is 6.29. The van der Waals surface area contributed by atoms with Crippen LogP contribution in [0.4, 0.5) is 4.79 Å². The highest BCUT2D eigenvalue weighted by Gasteiger charge is 2.52. The normalized spacial score (nSPS) is 20.2. The van der Waals surface area contributed by atoms with E-state index in [0.717, 1.165) is 24.0 Å². The van der Waals surface area contributed by atoms with E-state index >= 15 is 0 Å². The first-order valence-corrected chi connectivity index (χ1v) is 12.1. The zero-order valence-corrected chi connectivity index (χ0v) is 21.9. The summed E-state index contributed by atoms with van der Waals surface area (Å²) in [4.78, 5) is 17.3. The molecule has 4 rings (SSSR count). The number of alkyl carbamates (subject to hydrolysis) is 1. The summed E-state index contributed by atoms with van der Waals surface area (Å²) in [5.41, 5.74) is 2.14. The van der Waals surface area contributed by atoms with E-state index in [1.54, 1.807) is 6.07 Å². The maximum atomic E-state index is 12.5. The molecule has 0 unspecified atom stereocenters. The van der Waals surface area contributed by atoms with Crippen molar-refractivity contribution >= 4 is 30.3 Å². The van der Waals surface area contributed by atoms with Crippen molar-refractivity contribution in [1.29, 1.82) is 0 Å². The molecule has 0 saturated carbocycles. The molecular weight excluding hydrogens is 451 g/mol. The Bertz CT molecular complexity index is 1060. The minimum Gasteiger partial charge on any atom is -0.444 e. The van der Waals surface area contributed by atoms with Crippen LogP contribution in [0.25, 0.3) is 0 Å². The van der Waals surface area contributed by atoms with E-state index in [9.17, 15) is 4.79 Å². The standard InChI is InChI=1S/C26H34BClN2O4/c1-23(2,3)32-22(31)29-16-26(14-17-10-8-9-11-18(17)15-26)20-12-19(13-21(28)30-20)27-33-24(4,5)25(6,7)34-27/h8-13H,14-16H2,1-7H3,(H,29,31). The number of carbonyl (C=O) groups is 1. The van der Waals surface area contributed by atoms with Crippen LogP contribution in [0.1, 0.15) is 65.3 Å². The van der Waals surface area contributed by atoms with Crippen molar-refractivity contribution in [2.75, 3.05) is 6.54 Å². The Hall–Kier alpha value is -2.09. The number of hydrogen-bond acceptors (Lipinski definition) is 5. The van der Waals surface area contributed by atoms with E-state index < -0.39 is 35.4 Å². The van der Waals surface area contributed by atoms with Crippen molar-refractivity contribution in [2.45, 2.75) is 83.5 Å². The number of nitrogens with zero attached hydrogens (tertiary/aromatic N) is 1. The van der Waals surface area contributed by atoms with Crippen molar-refractivity contribution in [3.63, 3.8) is 0 Å². The first-order chi connectivity index (χ1) is 15.7. The summed E-state index contributed by atoms with van der Waals surface area (Å²) >= 11 is 6.54. The summed E-state index contributed by atoms with van der Waals surface area (Å²) in [7, 11) is -0.552. The summed E-state index contributed by atoms with van der Waals surface area (Å²) in [6, 6.07) is 12.1. The lowest BCUT2D eigenvalue weighted by atomic mass is 9.75. The van der Waals surface area contributed by atoms with Crippen molar-refractivity contribution in [1.82, 2.24) is 10.3 Å². The summed E-state index contributed by atoms with van der Waals surface area (Å²) in [6.07, 6.45) is 1.01. The largest absolute Gasteiger partial charge is 0.495 e. The van der Waals surface area contributed by atoms with Gasteiger partial charge in [0.15, 0.2) is 0 Å². The lowest BCUT2D eigenvalue weighted by molar-refractivity contribution is 0.00578. The number of carbonyl (C=O) groups excluding carboxylic acids is 1. The van der Waals surface area contributed by atoms with Gasteiger partial charge in [-0.3, -0.25) is 0 Å². The quantitative estimate of drug-likeness (QED) is 0.507. The molecule has 0 atom stereocenters. The molecule has 1 aliphatic heterocycles. The van der Waals surface area contributed by atoms with E-state index in [2.05, 4.69) is 17.4 Å². The smallest absolute Gasteiger partial charge is 0.444 e. The molecule has 2 heterocycles. The highest BCUT2D eigenvalue weighted by molar-refractivity contribution is 6.62. The van der Waals surface area contributed by atoms with Crippen LogP contribution in [0.3, 0.4) is 0 Å². The minimum absolute atomic E-state index is 0.368. The van der Waals surface area contributed by atoms with Crippen molar-refractivity contribution in [3.05, 3.63) is 58.4 Å². The molecule has 2 aromatic rings. The molecule has 1 aromatic carbocycles. The SMILES string of the molecule is CC(C)(C)OC(=O)NCC1(c2cc(B3OC(C)(C)C(C)(C)O3)cc(Cl)n2)Cc2ccccc2C1. The zero-order valence-electron chi connectivity index (χ0n) is 21.1. The Balaban J connectivity index is 1.68. The Labute approximate surface area is 207 Å². The van der Waals surface area contributed by atoms with Gasteiger partial charge in [-0.25, -0.2) is 9.78 Å². The molecule has 1 fully saturated rings. The van der Waals surface area contributed by atoms with Crippen LogP contribution >= 0.6 is 11.6 Å². The van der Waals surface area contributed by atoms with Gasteiger partial charge in [-0.15, -0.1) is 0 Å². The molecule has 1 amide bonds. The van der Waals surface area contributed by atoms with E-state index in [4.69, 9.17) is 30.6 Å². The van der Waals surface area contributed by atoms with Crippen LogP contribution in [0.15, 0.2) is 36.4 Å². The Morgan fingerprint density at radius 1 is 1.09 bits per heavy atom. The molecule has 1 aliphatic carbocycles. The number of rotatable bonds is 4. The third kappa shape index (κ3) is 4.97. The molecule has 1 aromatic heterocycles. The van der Waals surface area contributed by atoms with Crippen LogP contribution in [-0.2, 0) is 32.3 Å². The number of benzene rings is 1. The predicted octanol–water partition coefficient (Wildman–Crippen LogP) is 4.60. The lowest BCUT2D eigenvalue weighted by Gasteiger charge is -2.32. The van der Waals surface area contributed by atoms with Gasteiger partial charge in [-0.2, -0.15) is 0 Å². The molecule has 0 bridgehead atoms. The molecule has 8 heteroatoms. The fourth-order valence-corrected chi connectivity index (χ4v) is 4.77. The van der Waals surface area contributed by atoms with Gasteiger partial charge in [0.25, 0.3) is 0 Å². The number of pyridine rings is 1. The third-order valence-corrected chi connectivity index (χ3v) is 7.22. The number of nitrogens with one attached hydrogen (secondary N) is 1. The predicted molar refractivity (Wildman–Crippen MR) is 135 cm³/mol. The van der Waals surface area contributed by atoms with Gasteiger partial charge in [-0.05, 0) is 90.0 Å². The number of ether oxygens (including phenoxy) is 1. The van der Waals surface area contributed by atoms with Crippen molar-refractivity contribution < 1.29 is 18.8 Å². The van der Waals surface area contributed by atoms with Gasteiger partial charge in [0.2, 0.25) is 0 Å². The molecule has 0 spiro atoms.